The first-order chi connectivity index (χ1) is 7.59. The Morgan fingerprint density at radius 1 is 1.50 bits per heavy atom. The predicted octanol–water partition coefficient (Wildman–Crippen LogP) is 2.23. The molecule has 3 nitrogen and oxygen atoms in total. The molecule has 16 heavy (non-hydrogen) atoms. The number of hydrogen-bond donors (Lipinski definition) is 1. The van der Waals surface area contributed by atoms with Crippen molar-refractivity contribution in [1.82, 2.24) is 10.3 Å². The first-order valence-electron chi connectivity index (χ1n) is 5.70. The molecule has 1 saturated heterocycles. The molecule has 2 unspecified atom stereocenters. The monoisotopic (exact) mass is 239 g/mol. The molecular weight excluding hydrogens is 222 g/mol. The zero-order valence-corrected chi connectivity index (χ0v) is 10.8. The minimum absolute atomic E-state index is 0.468. The van der Waals surface area contributed by atoms with E-state index in [9.17, 15) is 0 Å². The minimum Gasteiger partial charge on any atom is -0.365 e. The van der Waals surface area contributed by atoms with Crippen molar-refractivity contribution in [1.29, 1.82) is 0 Å². The van der Waals surface area contributed by atoms with Crippen molar-refractivity contribution in [2.24, 2.45) is 0 Å². The summed E-state index contributed by atoms with van der Waals surface area (Å²) in [5, 5.41) is 4.25. The Balaban J connectivity index is 2.31. The quantitative estimate of drug-likeness (QED) is 0.815. The summed E-state index contributed by atoms with van der Waals surface area (Å²) in [4.78, 5) is 6.56. The molecule has 2 rings (SSSR count). The standard InChI is InChI=1S/C12H18ClN3/c1-8-7-16(9(2)6-15-8)11-4-5-14-10(3)12(11)13/h4-5,8-9,15H,6-7H2,1-3H3. The van der Waals surface area contributed by atoms with Gasteiger partial charge in [-0.15, -0.1) is 0 Å². The molecule has 2 atom stereocenters. The van der Waals surface area contributed by atoms with E-state index in [0.29, 0.717) is 12.1 Å². The van der Waals surface area contributed by atoms with Crippen LogP contribution in [0.25, 0.3) is 0 Å². The number of nitrogens with one attached hydrogen (secondary N) is 1. The van der Waals surface area contributed by atoms with Crippen LogP contribution in [-0.2, 0) is 0 Å². The highest BCUT2D eigenvalue weighted by molar-refractivity contribution is 6.33. The number of nitrogens with zero attached hydrogens (tertiary/aromatic N) is 2. The Kier molecular flexibility index (Phi) is 3.36. The summed E-state index contributed by atoms with van der Waals surface area (Å²) < 4.78 is 0. The third kappa shape index (κ3) is 2.15. The summed E-state index contributed by atoms with van der Waals surface area (Å²) in [6.45, 7) is 8.34. The van der Waals surface area contributed by atoms with Crippen LogP contribution < -0.4 is 10.2 Å². The highest BCUT2D eigenvalue weighted by atomic mass is 35.5. The van der Waals surface area contributed by atoms with Crippen LogP contribution in [0.15, 0.2) is 12.3 Å². The summed E-state index contributed by atoms with van der Waals surface area (Å²) in [6.07, 6.45) is 1.83. The Labute approximate surface area is 102 Å². The maximum atomic E-state index is 6.32. The molecule has 0 bridgehead atoms. The van der Waals surface area contributed by atoms with Gasteiger partial charge in [0.25, 0.3) is 0 Å². The van der Waals surface area contributed by atoms with Gasteiger partial charge in [-0.2, -0.15) is 0 Å². The van der Waals surface area contributed by atoms with Crippen molar-refractivity contribution in [3.63, 3.8) is 0 Å². The molecule has 1 aromatic rings. The normalized spacial score (nSPS) is 25.9. The van der Waals surface area contributed by atoms with Gasteiger partial charge in [0.15, 0.2) is 0 Å². The van der Waals surface area contributed by atoms with Crippen molar-refractivity contribution >= 4 is 17.3 Å². The van der Waals surface area contributed by atoms with E-state index in [2.05, 4.69) is 29.0 Å². The summed E-state index contributed by atoms with van der Waals surface area (Å²) in [7, 11) is 0. The van der Waals surface area contributed by atoms with Gasteiger partial charge in [0.1, 0.15) is 0 Å². The maximum absolute atomic E-state index is 6.32. The lowest BCUT2D eigenvalue weighted by atomic mass is 10.1. The molecule has 0 aliphatic carbocycles. The van der Waals surface area contributed by atoms with Crippen molar-refractivity contribution < 1.29 is 0 Å². The van der Waals surface area contributed by atoms with Crippen LogP contribution in [0.2, 0.25) is 5.02 Å². The third-order valence-electron chi connectivity index (χ3n) is 3.12. The van der Waals surface area contributed by atoms with E-state index >= 15 is 0 Å². The highest BCUT2D eigenvalue weighted by Crippen LogP contribution is 2.29. The average molecular weight is 240 g/mol. The summed E-state index contributed by atoms with van der Waals surface area (Å²) in [5.41, 5.74) is 2.01. The largest absolute Gasteiger partial charge is 0.365 e. The third-order valence-corrected chi connectivity index (χ3v) is 3.58. The number of rotatable bonds is 1. The zero-order chi connectivity index (χ0) is 11.7. The van der Waals surface area contributed by atoms with Crippen molar-refractivity contribution in [3.8, 4) is 0 Å². The van der Waals surface area contributed by atoms with E-state index in [1.54, 1.807) is 0 Å². The fraction of sp³-hybridized carbons (Fsp3) is 0.583. The second-order valence-corrected chi connectivity index (χ2v) is 4.92. The average Bonchev–Trinajstić information content (AvgIpc) is 2.26. The molecule has 1 N–H and O–H groups in total. The lowest BCUT2D eigenvalue weighted by Gasteiger charge is -2.39. The van der Waals surface area contributed by atoms with E-state index in [1.165, 1.54) is 0 Å². The van der Waals surface area contributed by atoms with Crippen molar-refractivity contribution in [3.05, 3.63) is 23.0 Å². The van der Waals surface area contributed by atoms with Crippen LogP contribution >= 0.6 is 11.6 Å². The van der Waals surface area contributed by atoms with Crippen LogP contribution in [0.4, 0.5) is 5.69 Å². The van der Waals surface area contributed by atoms with Crippen LogP contribution in [0.3, 0.4) is 0 Å². The van der Waals surface area contributed by atoms with E-state index < -0.39 is 0 Å². The van der Waals surface area contributed by atoms with Gasteiger partial charge in [0.2, 0.25) is 0 Å². The molecule has 88 valence electrons. The van der Waals surface area contributed by atoms with Gasteiger partial charge in [0, 0.05) is 31.4 Å². The Morgan fingerprint density at radius 3 is 3.00 bits per heavy atom. The molecule has 0 saturated carbocycles. The smallest absolute Gasteiger partial charge is 0.0851 e. The van der Waals surface area contributed by atoms with E-state index in [-0.39, 0.29) is 0 Å². The molecular formula is C12H18ClN3. The van der Waals surface area contributed by atoms with E-state index in [0.717, 1.165) is 29.5 Å². The van der Waals surface area contributed by atoms with Crippen LogP contribution in [0, 0.1) is 6.92 Å². The van der Waals surface area contributed by atoms with E-state index in [4.69, 9.17) is 11.6 Å². The Bertz CT molecular complexity index is 381. The van der Waals surface area contributed by atoms with Gasteiger partial charge in [-0.05, 0) is 26.8 Å². The number of piperazine rings is 1. The minimum atomic E-state index is 0.468. The van der Waals surface area contributed by atoms with Crippen LogP contribution in [0.1, 0.15) is 19.5 Å². The fourth-order valence-corrected chi connectivity index (χ4v) is 2.33. The molecule has 1 fully saturated rings. The lowest BCUT2D eigenvalue weighted by Crippen LogP contribution is -2.54. The van der Waals surface area contributed by atoms with Crippen molar-refractivity contribution in [2.75, 3.05) is 18.0 Å². The first-order valence-corrected chi connectivity index (χ1v) is 6.08. The second kappa shape index (κ2) is 4.60. The number of aryl methyl sites for hydroxylation is 1. The van der Waals surface area contributed by atoms with Gasteiger partial charge < -0.3 is 10.2 Å². The SMILES string of the molecule is Cc1nccc(N2CC(C)NCC2C)c1Cl. The van der Waals surface area contributed by atoms with Gasteiger partial charge in [-0.25, -0.2) is 0 Å². The number of anilines is 1. The zero-order valence-electron chi connectivity index (χ0n) is 10.00. The topological polar surface area (TPSA) is 28.2 Å². The molecule has 1 aromatic heterocycles. The maximum Gasteiger partial charge on any atom is 0.0851 e. The fourth-order valence-electron chi connectivity index (χ4n) is 2.11. The molecule has 1 aliphatic rings. The molecule has 2 heterocycles. The van der Waals surface area contributed by atoms with Gasteiger partial charge in [-0.1, -0.05) is 11.6 Å². The van der Waals surface area contributed by atoms with Gasteiger partial charge in [0.05, 0.1) is 16.4 Å². The van der Waals surface area contributed by atoms with Crippen LogP contribution in [0.5, 0.6) is 0 Å². The molecule has 0 radical (unpaired) electrons. The number of aromatic nitrogens is 1. The predicted molar refractivity (Wildman–Crippen MR) is 68.3 cm³/mol. The number of pyridine rings is 1. The van der Waals surface area contributed by atoms with Crippen molar-refractivity contribution in [2.45, 2.75) is 32.9 Å². The first kappa shape index (κ1) is 11.7. The van der Waals surface area contributed by atoms with Crippen LogP contribution in [-0.4, -0.2) is 30.2 Å². The van der Waals surface area contributed by atoms with Gasteiger partial charge >= 0.3 is 0 Å². The number of halogens is 1. The van der Waals surface area contributed by atoms with E-state index in [1.807, 2.05) is 19.2 Å². The van der Waals surface area contributed by atoms with Gasteiger partial charge in [-0.3, -0.25) is 4.98 Å². The molecule has 0 aromatic carbocycles. The second-order valence-electron chi connectivity index (χ2n) is 4.54. The lowest BCUT2D eigenvalue weighted by molar-refractivity contribution is 0.425. The summed E-state index contributed by atoms with van der Waals surface area (Å²) >= 11 is 6.32. The molecule has 0 amide bonds. The number of hydrogen-bond acceptors (Lipinski definition) is 3. The highest BCUT2D eigenvalue weighted by Gasteiger charge is 2.24. The summed E-state index contributed by atoms with van der Waals surface area (Å²) in [6, 6.07) is 2.97. The Morgan fingerprint density at radius 2 is 2.25 bits per heavy atom. The summed E-state index contributed by atoms with van der Waals surface area (Å²) in [5.74, 6) is 0. The Hall–Kier alpha value is -0.800. The molecule has 0 spiro atoms. The molecule has 4 heteroatoms. The molecule has 1 aliphatic heterocycles.